The number of aliphatic hydroxyl groups is 1. The lowest BCUT2D eigenvalue weighted by atomic mass is 10.1. The smallest absolute Gasteiger partial charge is 0.353 e. The van der Waals surface area contributed by atoms with Crippen molar-refractivity contribution in [2.75, 3.05) is 13.7 Å². The van der Waals surface area contributed by atoms with Gasteiger partial charge in [-0.2, -0.15) is 0 Å². The van der Waals surface area contributed by atoms with Crippen LogP contribution in [0, 0.1) is 0 Å². The van der Waals surface area contributed by atoms with Crippen molar-refractivity contribution in [2.24, 2.45) is 0 Å². The number of nitrogens with zero attached hydrogens (tertiary/aromatic N) is 1. The fourth-order valence-electron chi connectivity index (χ4n) is 2.78. The van der Waals surface area contributed by atoms with Crippen LogP contribution in [0.3, 0.4) is 0 Å². The SMILES string of the molecule is CCCCN1C(C(=O)O)=C(C(C)(C)O)S/C1=C\C(=O)c1cc(Cl)ccc1OC. The number of hydrogen-bond donors (Lipinski definition) is 2. The summed E-state index contributed by atoms with van der Waals surface area (Å²) in [5.41, 5.74) is -1.06. The van der Waals surface area contributed by atoms with Crippen LogP contribution in [0.25, 0.3) is 0 Å². The zero-order valence-electron chi connectivity index (χ0n) is 16.3. The molecule has 1 aromatic rings. The van der Waals surface area contributed by atoms with Crippen LogP contribution in [0.4, 0.5) is 0 Å². The fourth-order valence-corrected chi connectivity index (χ4v) is 4.16. The molecule has 1 heterocycles. The summed E-state index contributed by atoms with van der Waals surface area (Å²) in [6, 6.07) is 4.74. The molecule has 0 bridgehead atoms. The Morgan fingerprint density at radius 1 is 1.36 bits per heavy atom. The lowest BCUT2D eigenvalue weighted by molar-refractivity contribution is -0.134. The maximum Gasteiger partial charge on any atom is 0.353 e. The number of hydrogen-bond acceptors (Lipinski definition) is 6. The molecule has 8 heteroatoms. The van der Waals surface area contributed by atoms with Crippen molar-refractivity contribution in [1.29, 1.82) is 0 Å². The first-order valence-corrected chi connectivity index (χ1v) is 10.0. The molecule has 2 N–H and O–H groups in total. The summed E-state index contributed by atoms with van der Waals surface area (Å²) in [5, 5.41) is 21.0. The molecule has 0 atom stereocenters. The number of methoxy groups -OCH3 is 1. The van der Waals surface area contributed by atoms with Crippen molar-refractivity contribution in [1.82, 2.24) is 4.90 Å². The van der Waals surface area contributed by atoms with Gasteiger partial charge in [0.15, 0.2) is 5.78 Å². The van der Waals surface area contributed by atoms with E-state index in [-0.39, 0.29) is 17.0 Å². The van der Waals surface area contributed by atoms with Gasteiger partial charge in [0, 0.05) is 17.6 Å². The third kappa shape index (κ3) is 4.90. The second-order valence-electron chi connectivity index (χ2n) is 6.84. The predicted octanol–water partition coefficient (Wildman–Crippen LogP) is 4.29. The molecule has 1 aliphatic heterocycles. The molecule has 0 aliphatic carbocycles. The summed E-state index contributed by atoms with van der Waals surface area (Å²) in [4.78, 5) is 26.7. The molecule has 0 fully saturated rings. The number of unbranched alkanes of at least 4 members (excludes halogenated alkanes) is 1. The number of thioether (sulfide) groups is 1. The fraction of sp³-hybridized carbons (Fsp3) is 0.400. The van der Waals surface area contributed by atoms with Gasteiger partial charge in [-0.3, -0.25) is 4.79 Å². The van der Waals surface area contributed by atoms with Crippen LogP contribution in [-0.2, 0) is 4.79 Å². The van der Waals surface area contributed by atoms with E-state index < -0.39 is 11.6 Å². The minimum absolute atomic E-state index is 0.00283. The van der Waals surface area contributed by atoms with Crippen LogP contribution in [0.5, 0.6) is 5.75 Å². The number of carboxylic acid groups (broad SMARTS) is 1. The van der Waals surface area contributed by atoms with Crippen molar-refractivity contribution in [3.63, 3.8) is 0 Å². The second kappa shape index (κ2) is 9.03. The first kappa shape index (κ1) is 22.3. The van der Waals surface area contributed by atoms with E-state index in [0.717, 1.165) is 24.6 Å². The van der Waals surface area contributed by atoms with E-state index in [4.69, 9.17) is 16.3 Å². The maximum absolute atomic E-state index is 12.9. The third-order valence-electron chi connectivity index (χ3n) is 4.13. The number of benzene rings is 1. The van der Waals surface area contributed by atoms with Gasteiger partial charge in [-0.15, -0.1) is 0 Å². The quantitative estimate of drug-likeness (QED) is 0.474. The van der Waals surface area contributed by atoms with Crippen molar-refractivity contribution < 1.29 is 24.5 Å². The average Bonchev–Trinajstić information content (AvgIpc) is 2.98. The molecule has 0 aromatic heterocycles. The lowest BCUT2D eigenvalue weighted by Gasteiger charge is -2.21. The summed E-state index contributed by atoms with van der Waals surface area (Å²) in [6.45, 7) is 5.48. The molecule has 6 nitrogen and oxygen atoms in total. The van der Waals surface area contributed by atoms with Crippen LogP contribution in [0.2, 0.25) is 5.02 Å². The van der Waals surface area contributed by atoms with Crippen LogP contribution in [-0.4, -0.2) is 46.1 Å². The number of aliphatic carboxylic acids is 1. The van der Waals surface area contributed by atoms with Gasteiger partial charge < -0.3 is 19.8 Å². The molecule has 0 radical (unpaired) electrons. The molecule has 1 aliphatic rings. The Balaban J connectivity index is 2.50. The zero-order valence-corrected chi connectivity index (χ0v) is 17.9. The van der Waals surface area contributed by atoms with E-state index in [1.807, 2.05) is 6.92 Å². The number of ether oxygens (including phenoxy) is 1. The minimum atomic E-state index is -1.35. The van der Waals surface area contributed by atoms with Crippen molar-refractivity contribution in [3.05, 3.63) is 50.5 Å². The Labute approximate surface area is 173 Å². The largest absolute Gasteiger partial charge is 0.496 e. The van der Waals surface area contributed by atoms with E-state index in [2.05, 4.69) is 0 Å². The minimum Gasteiger partial charge on any atom is -0.496 e. The Morgan fingerprint density at radius 3 is 2.57 bits per heavy atom. The Kier molecular flexibility index (Phi) is 7.20. The van der Waals surface area contributed by atoms with Gasteiger partial charge in [0.2, 0.25) is 0 Å². The summed E-state index contributed by atoms with van der Waals surface area (Å²) >= 11 is 7.11. The molecular formula is C20H24ClNO5S. The van der Waals surface area contributed by atoms with E-state index in [1.165, 1.54) is 33.1 Å². The maximum atomic E-state index is 12.9. The predicted molar refractivity (Wildman–Crippen MR) is 111 cm³/mol. The Hall–Kier alpha value is -1.96. The van der Waals surface area contributed by atoms with Gasteiger partial charge >= 0.3 is 5.97 Å². The van der Waals surface area contributed by atoms with E-state index >= 15 is 0 Å². The lowest BCUT2D eigenvalue weighted by Crippen LogP contribution is -2.28. The van der Waals surface area contributed by atoms with Gasteiger partial charge in [0.25, 0.3) is 0 Å². The van der Waals surface area contributed by atoms with Crippen LogP contribution >= 0.6 is 23.4 Å². The number of carboxylic acids is 1. The number of rotatable bonds is 8. The first-order chi connectivity index (χ1) is 13.1. The Bertz CT molecular complexity index is 841. The standard InChI is InChI=1S/C20H24ClNO5S/c1-5-6-9-22-16(28-18(20(2,3)26)17(22)19(24)25)11-14(23)13-10-12(21)7-8-15(13)27-4/h7-8,10-11,26H,5-6,9H2,1-4H3,(H,24,25)/b16-11-. The molecule has 0 saturated heterocycles. The number of carbonyl (C=O) groups is 2. The number of ketones is 1. The number of halogens is 1. The highest BCUT2D eigenvalue weighted by Gasteiger charge is 2.39. The van der Waals surface area contributed by atoms with Crippen molar-refractivity contribution >= 4 is 35.1 Å². The normalized spacial score (nSPS) is 16.1. The Morgan fingerprint density at radius 2 is 2.04 bits per heavy atom. The highest BCUT2D eigenvalue weighted by Crippen LogP contribution is 2.46. The van der Waals surface area contributed by atoms with Crippen LogP contribution in [0.15, 0.2) is 39.9 Å². The molecule has 1 aromatic carbocycles. The molecule has 0 unspecified atom stereocenters. The van der Waals surface area contributed by atoms with Gasteiger partial charge in [-0.25, -0.2) is 4.79 Å². The third-order valence-corrected chi connectivity index (χ3v) is 5.81. The average molecular weight is 426 g/mol. The van der Waals surface area contributed by atoms with Gasteiger partial charge in [-0.05, 0) is 38.5 Å². The molecule has 0 saturated carbocycles. The summed E-state index contributed by atoms with van der Waals surface area (Å²) < 4.78 is 5.24. The van der Waals surface area contributed by atoms with E-state index in [9.17, 15) is 19.8 Å². The summed E-state index contributed by atoms with van der Waals surface area (Å²) in [6.07, 6.45) is 2.97. The topological polar surface area (TPSA) is 87.1 Å². The number of allylic oxidation sites excluding steroid dienone is 1. The van der Waals surface area contributed by atoms with Gasteiger partial charge in [0.05, 0.1) is 28.2 Å². The van der Waals surface area contributed by atoms with Gasteiger partial charge in [-0.1, -0.05) is 36.7 Å². The summed E-state index contributed by atoms with van der Waals surface area (Å²) in [7, 11) is 1.46. The van der Waals surface area contributed by atoms with Crippen LogP contribution in [0.1, 0.15) is 44.0 Å². The molecule has 2 rings (SSSR count). The highest BCUT2D eigenvalue weighted by atomic mass is 35.5. The van der Waals surface area contributed by atoms with Crippen LogP contribution < -0.4 is 4.74 Å². The monoisotopic (exact) mass is 425 g/mol. The number of carbonyl (C=O) groups excluding carboxylic acids is 1. The second-order valence-corrected chi connectivity index (χ2v) is 8.31. The van der Waals surface area contributed by atoms with E-state index in [1.54, 1.807) is 17.0 Å². The molecule has 28 heavy (non-hydrogen) atoms. The molecular weight excluding hydrogens is 402 g/mol. The van der Waals surface area contributed by atoms with Gasteiger partial charge in [0.1, 0.15) is 11.4 Å². The highest BCUT2D eigenvalue weighted by molar-refractivity contribution is 8.07. The zero-order chi connectivity index (χ0) is 21.1. The first-order valence-electron chi connectivity index (χ1n) is 8.85. The molecule has 152 valence electrons. The van der Waals surface area contributed by atoms with Crippen molar-refractivity contribution in [3.8, 4) is 5.75 Å². The van der Waals surface area contributed by atoms with E-state index in [0.29, 0.717) is 27.3 Å². The molecule has 0 amide bonds. The summed E-state index contributed by atoms with van der Waals surface area (Å²) in [5.74, 6) is -1.12. The molecule has 0 spiro atoms. The van der Waals surface area contributed by atoms with Crippen molar-refractivity contribution in [2.45, 2.75) is 39.2 Å².